The molecule has 1 heterocycles. The van der Waals surface area contributed by atoms with Gasteiger partial charge in [-0.25, -0.2) is 0 Å². The Morgan fingerprint density at radius 1 is 1.15 bits per heavy atom. The molecule has 0 spiro atoms. The molecule has 0 saturated heterocycles. The van der Waals surface area contributed by atoms with Gasteiger partial charge >= 0.3 is 0 Å². The second kappa shape index (κ2) is 8.29. The lowest BCUT2D eigenvalue weighted by molar-refractivity contribution is -0.113. The van der Waals surface area contributed by atoms with Crippen molar-refractivity contribution in [1.82, 2.24) is 0 Å². The van der Waals surface area contributed by atoms with Crippen LogP contribution in [0.15, 0.2) is 52.4 Å². The van der Waals surface area contributed by atoms with Crippen molar-refractivity contribution < 1.29 is 14.3 Å². The van der Waals surface area contributed by atoms with Crippen LogP contribution >= 0.6 is 23.4 Å². The quantitative estimate of drug-likeness (QED) is 0.597. The largest absolute Gasteiger partial charge is 0.490 e. The molecule has 1 amide bonds. The molecule has 0 unspecified atom stereocenters. The zero-order valence-corrected chi connectivity index (χ0v) is 15.6. The summed E-state index contributed by atoms with van der Waals surface area (Å²) in [7, 11) is 0. The molecular weight excluding hydrogens is 372 g/mol. The smallest absolute Gasteiger partial charge is 0.286 e. The molecular formula is C19H17ClN2O3S. The summed E-state index contributed by atoms with van der Waals surface area (Å²) in [6.07, 6.45) is 1.75. The number of halogens is 1. The van der Waals surface area contributed by atoms with Crippen molar-refractivity contribution in [3.05, 3.63) is 63.5 Å². The lowest BCUT2D eigenvalue weighted by Crippen LogP contribution is -2.09. The number of hydrogen-bond donors (Lipinski definition) is 1. The normalized spacial score (nSPS) is 15.2. The minimum absolute atomic E-state index is 0.267. The van der Waals surface area contributed by atoms with Crippen LogP contribution in [0.2, 0.25) is 5.02 Å². The molecule has 1 aliphatic rings. The minimum atomic E-state index is -0.314. The number of aryl methyl sites for hydroxylation is 1. The van der Waals surface area contributed by atoms with E-state index in [1.807, 2.05) is 49.4 Å². The summed E-state index contributed by atoms with van der Waals surface area (Å²) in [6.45, 7) is 2.73. The Labute approximate surface area is 160 Å². The molecule has 5 nitrogen and oxygen atoms in total. The number of nitrogens with two attached hydrogens (primary N) is 1. The molecule has 134 valence electrons. The summed E-state index contributed by atoms with van der Waals surface area (Å²) < 4.78 is 11.4. The Balaban J connectivity index is 1.53. The van der Waals surface area contributed by atoms with Gasteiger partial charge < -0.3 is 15.2 Å². The summed E-state index contributed by atoms with van der Waals surface area (Å²) in [5.74, 6) is 1.13. The molecule has 2 aromatic carbocycles. The van der Waals surface area contributed by atoms with Crippen LogP contribution in [0.4, 0.5) is 0 Å². The third-order valence-electron chi connectivity index (χ3n) is 3.54. The molecule has 2 N–H and O–H groups in total. The van der Waals surface area contributed by atoms with E-state index in [0.29, 0.717) is 28.9 Å². The summed E-state index contributed by atoms with van der Waals surface area (Å²) in [4.78, 5) is 15.8. The highest BCUT2D eigenvalue weighted by Crippen LogP contribution is 2.27. The Bertz CT molecular complexity index is 896. The number of carbonyl (C=O) groups excluding carboxylic acids is 1. The molecule has 1 aliphatic heterocycles. The Morgan fingerprint density at radius 3 is 2.54 bits per heavy atom. The van der Waals surface area contributed by atoms with Crippen molar-refractivity contribution in [3.63, 3.8) is 0 Å². The lowest BCUT2D eigenvalue weighted by atomic mass is 10.2. The van der Waals surface area contributed by atoms with Crippen molar-refractivity contribution >= 4 is 40.5 Å². The maximum Gasteiger partial charge on any atom is 0.286 e. The average Bonchev–Trinajstić information content (AvgIpc) is 2.92. The van der Waals surface area contributed by atoms with E-state index < -0.39 is 0 Å². The Hall–Kier alpha value is -2.44. The first-order valence-corrected chi connectivity index (χ1v) is 9.10. The third kappa shape index (κ3) is 4.80. The van der Waals surface area contributed by atoms with Gasteiger partial charge in [-0.2, -0.15) is 4.99 Å². The molecule has 0 saturated carbocycles. The van der Waals surface area contributed by atoms with E-state index in [-0.39, 0.29) is 11.1 Å². The number of aliphatic imine (C=N–C) groups is 1. The van der Waals surface area contributed by atoms with Gasteiger partial charge in [0.25, 0.3) is 5.91 Å². The van der Waals surface area contributed by atoms with Crippen molar-refractivity contribution in [2.24, 2.45) is 10.7 Å². The molecule has 0 bridgehead atoms. The van der Waals surface area contributed by atoms with Crippen LogP contribution in [0.1, 0.15) is 11.1 Å². The van der Waals surface area contributed by atoms with Gasteiger partial charge in [0, 0.05) is 5.02 Å². The lowest BCUT2D eigenvalue weighted by Gasteiger charge is -2.10. The van der Waals surface area contributed by atoms with Gasteiger partial charge in [-0.05, 0) is 66.2 Å². The van der Waals surface area contributed by atoms with Crippen LogP contribution in [0.25, 0.3) is 6.08 Å². The highest BCUT2D eigenvalue weighted by molar-refractivity contribution is 8.18. The summed E-state index contributed by atoms with van der Waals surface area (Å²) >= 11 is 7.16. The first-order valence-electron chi connectivity index (χ1n) is 7.91. The molecule has 2 aromatic rings. The zero-order chi connectivity index (χ0) is 18.5. The molecule has 0 radical (unpaired) electrons. The molecule has 0 aliphatic carbocycles. The summed E-state index contributed by atoms with van der Waals surface area (Å²) in [6, 6.07) is 13.0. The number of thioether (sulfide) groups is 1. The summed E-state index contributed by atoms with van der Waals surface area (Å²) in [5, 5.41) is 0.980. The topological polar surface area (TPSA) is 73.9 Å². The van der Waals surface area contributed by atoms with Crippen molar-refractivity contribution in [3.8, 4) is 11.5 Å². The molecule has 0 atom stereocenters. The maximum atomic E-state index is 11.7. The fraction of sp³-hybridized carbons (Fsp3) is 0.158. The van der Waals surface area contributed by atoms with E-state index in [1.54, 1.807) is 6.08 Å². The molecule has 26 heavy (non-hydrogen) atoms. The number of benzene rings is 2. The number of amidine groups is 1. The van der Waals surface area contributed by atoms with Crippen LogP contribution in [-0.2, 0) is 4.79 Å². The Morgan fingerprint density at radius 2 is 1.88 bits per heavy atom. The van der Waals surface area contributed by atoms with Gasteiger partial charge in [-0.1, -0.05) is 23.7 Å². The second-order valence-corrected chi connectivity index (χ2v) is 7.02. The van der Waals surface area contributed by atoms with E-state index in [1.165, 1.54) is 0 Å². The van der Waals surface area contributed by atoms with Gasteiger partial charge in [0.1, 0.15) is 24.7 Å². The van der Waals surface area contributed by atoms with Crippen molar-refractivity contribution in [1.29, 1.82) is 0 Å². The van der Waals surface area contributed by atoms with Crippen LogP contribution in [0.3, 0.4) is 0 Å². The minimum Gasteiger partial charge on any atom is -0.490 e. The number of hydrogen-bond acceptors (Lipinski definition) is 5. The maximum absolute atomic E-state index is 11.7. The number of nitrogens with zero attached hydrogens (tertiary/aromatic N) is 1. The first-order chi connectivity index (χ1) is 12.5. The monoisotopic (exact) mass is 388 g/mol. The SMILES string of the molecule is Cc1cc(OCCOc2cccc(C=C3SC(N)=NC3=O)c2)ccc1Cl. The number of carbonyl (C=O) groups is 1. The van der Waals surface area contributed by atoms with E-state index in [2.05, 4.69) is 4.99 Å². The average molecular weight is 389 g/mol. The van der Waals surface area contributed by atoms with Crippen LogP contribution in [0, 0.1) is 6.92 Å². The highest BCUT2D eigenvalue weighted by Gasteiger charge is 2.19. The number of ether oxygens (including phenoxy) is 2. The standard InChI is InChI=1S/C19H17ClN2O3S/c1-12-9-15(5-6-16(12)20)25-8-7-24-14-4-2-3-13(10-14)11-17-18(23)22-19(21)26-17/h2-6,9-11H,7-8H2,1H3,(H2,21,22,23). The van der Waals surface area contributed by atoms with Crippen LogP contribution in [-0.4, -0.2) is 24.3 Å². The second-order valence-electron chi connectivity index (χ2n) is 5.55. The van der Waals surface area contributed by atoms with Crippen LogP contribution < -0.4 is 15.2 Å². The van der Waals surface area contributed by atoms with Gasteiger partial charge in [0.15, 0.2) is 5.17 Å². The highest BCUT2D eigenvalue weighted by atomic mass is 35.5. The fourth-order valence-electron chi connectivity index (χ4n) is 2.30. The van der Waals surface area contributed by atoms with Crippen molar-refractivity contribution in [2.45, 2.75) is 6.92 Å². The molecule has 3 rings (SSSR count). The van der Waals surface area contributed by atoms with Crippen LogP contribution in [0.5, 0.6) is 11.5 Å². The van der Waals surface area contributed by atoms with E-state index in [0.717, 1.165) is 28.6 Å². The van der Waals surface area contributed by atoms with Crippen molar-refractivity contribution in [2.75, 3.05) is 13.2 Å². The predicted octanol–water partition coefficient (Wildman–Crippen LogP) is 4.04. The number of rotatable bonds is 6. The van der Waals surface area contributed by atoms with E-state index in [9.17, 15) is 4.79 Å². The van der Waals surface area contributed by atoms with Gasteiger partial charge in [0.2, 0.25) is 0 Å². The van der Waals surface area contributed by atoms with E-state index in [4.69, 9.17) is 26.8 Å². The third-order valence-corrected chi connectivity index (χ3v) is 4.78. The van der Waals surface area contributed by atoms with Gasteiger partial charge in [0.05, 0.1) is 4.91 Å². The molecule has 0 aromatic heterocycles. The first kappa shape index (κ1) is 18.4. The Kier molecular flexibility index (Phi) is 5.85. The zero-order valence-electron chi connectivity index (χ0n) is 14.1. The summed E-state index contributed by atoms with van der Waals surface area (Å²) in [5.41, 5.74) is 7.36. The predicted molar refractivity (Wildman–Crippen MR) is 106 cm³/mol. The van der Waals surface area contributed by atoms with Gasteiger partial charge in [-0.3, -0.25) is 4.79 Å². The van der Waals surface area contributed by atoms with E-state index >= 15 is 0 Å². The van der Waals surface area contributed by atoms with Gasteiger partial charge in [-0.15, -0.1) is 0 Å². The fourth-order valence-corrected chi connectivity index (χ4v) is 3.10. The molecule has 7 heteroatoms. The molecule has 0 fully saturated rings. The number of amides is 1.